The maximum atomic E-state index is 13.3. The quantitative estimate of drug-likeness (QED) is 0.439. The van der Waals surface area contributed by atoms with Crippen molar-refractivity contribution >= 4 is 40.6 Å². The average Bonchev–Trinajstić information content (AvgIpc) is 2.74. The van der Waals surface area contributed by atoms with Gasteiger partial charge in [-0.05, 0) is 24.3 Å². The van der Waals surface area contributed by atoms with Crippen LogP contribution in [0.3, 0.4) is 0 Å². The second kappa shape index (κ2) is 8.90. The van der Waals surface area contributed by atoms with Crippen LogP contribution in [0.25, 0.3) is 0 Å². The largest absolute Gasteiger partial charge is 0.451 e. The summed E-state index contributed by atoms with van der Waals surface area (Å²) in [5.41, 5.74) is -0.362. The van der Waals surface area contributed by atoms with E-state index in [0.29, 0.717) is 5.69 Å². The van der Waals surface area contributed by atoms with Crippen LogP contribution >= 0.6 is 0 Å². The van der Waals surface area contributed by atoms with Crippen molar-refractivity contribution in [3.63, 3.8) is 0 Å². The summed E-state index contributed by atoms with van der Waals surface area (Å²) in [6.07, 6.45) is 0.112. The Morgan fingerprint density at radius 1 is 1.20 bits per heavy atom. The molecule has 0 fully saturated rings. The molecule has 0 aliphatic carbocycles. The Balaban J connectivity index is 1.61. The number of hydrazone groups is 1. The molecular weight excluding hydrogens is 399 g/mol. The van der Waals surface area contributed by atoms with Crippen molar-refractivity contribution in [3.8, 4) is 0 Å². The van der Waals surface area contributed by atoms with E-state index in [9.17, 15) is 28.9 Å². The first-order valence-electron chi connectivity index (χ1n) is 8.71. The minimum absolute atomic E-state index is 0.0244. The summed E-state index contributed by atoms with van der Waals surface area (Å²) in [5, 5.41) is 18.1. The van der Waals surface area contributed by atoms with Crippen LogP contribution in [0.2, 0.25) is 0 Å². The molecule has 0 unspecified atom stereocenters. The number of halogens is 1. The number of benzene rings is 2. The lowest BCUT2D eigenvalue weighted by atomic mass is 10.1. The standard InChI is InChI=1S/C19H15FN4O6/c20-14-7-6-12(10-16(14)24(28)29)21-17(25)11-30-19(27)15-8-9-18(26)23(22-15)13-4-2-1-3-5-13/h1-7,10H,8-9,11H2,(H,21,25). The van der Waals surface area contributed by atoms with Crippen molar-refractivity contribution in [2.24, 2.45) is 5.10 Å². The van der Waals surface area contributed by atoms with E-state index in [4.69, 9.17) is 4.74 Å². The molecule has 0 spiro atoms. The van der Waals surface area contributed by atoms with Crippen LogP contribution in [0.5, 0.6) is 0 Å². The number of rotatable bonds is 6. The van der Waals surface area contributed by atoms with Crippen LogP contribution in [0, 0.1) is 15.9 Å². The van der Waals surface area contributed by atoms with Crippen molar-refractivity contribution < 1.29 is 28.4 Å². The molecule has 2 amide bonds. The molecule has 2 aromatic rings. The number of nitrogens with zero attached hydrogens (tertiary/aromatic N) is 3. The lowest BCUT2D eigenvalue weighted by Gasteiger charge is -2.22. The molecule has 0 atom stereocenters. The summed E-state index contributed by atoms with van der Waals surface area (Å²) in [7, 11) is 0. The number of ether oxygens (including phenoxy) is 1. The summed E-state index contributed by atoms with van der Waals surface area (Å²) in [4.78, 5) is 46.0. The van der Waals surface area contributed by atoms with E-state index >= 15 is 0 Å². The Labute approximate surface area is 169 Å². The molecule has 30 heavy (non-hydrogen) atoms. The number of esters is 1. The Kier molecular flexibility index (Phi) is 6.11. The third-order valence-electron chi connectivity index (χ3n) is 4.03. The van der Waals surface area contributed by atoms with Gasteiger partial charge in [-0.25, -0.2) is 9.80 Å². The van der Waals surface area contributed by atoms with E-state index < -0.39 is 34.9 Å². The number of nitro groups is 1. The van der Waals surface area contributed by atoms with Crippen molar-refractivity contribution in [2.45, 2.75) is 12.8 Å². The summed E-state index contributed by atoms with van der Waals surface area (Å²) in [6, 6.07) is 11.3. The molecule has 11 heteroatoms. The van der Waals surface area contributed by atoms with E-state index in [-0.39, 0.29) is 30.1 Å². The van der Waals surface area contributed by atoms with E-state index in [1.807, 2.05) is 0 Å². The molecule has 1 aliphatic heterocycles. The lowest BCUT2D eigenvalue weighted by molar-refractivity contribution is -0.387. The highest BCUT2D eigenvalue weighted by molar-refractivity contribution is 6.38. The highest BCUT2D eigenvalue weighted by atomic mass is 19.1. The van der Waals surface area contributed by atoms with E-state index in [0.717, 1.165) is 23.2 Å². The van der Waals surface area contributed by atoms with Gasteiger partial charge in [0.15, 0.2) is 6.61 Å². The Morgan fingerprint density at radius 3 is 2.63 bits per heavy atom. The number of nitro benzene ring substituents is 1. The molecule has 1 N–H and O–H groups in total. The summed E-state index contributed by atoms with van der Waals surface area (Å²) in [6.45, 7) is -0.692. The predicted octanol–water partition coefficient (Wildman–Crippen LogP) is 2.40. The Hall–Kier alpha value is -4.15. The molecule has 0 bridgehead atoms. The molecule has 3 rings (SSSR count). The maximum absolute atomic E-state index is 13.3. The topological polar surface area (TPSA) is 131 Å². The Morgan fingerprint density at radius 2 is 1.93 bits per heavy atom. The van der Waals surface area contributed by atoms with Gasteiger partial charge in [0.05, 0.1) is 10.6 Å². The third-order valence-corrected chi connectivity index (χ3v) is 4.03. The minimum Gasteiger partial charge on any atom is -0.451 e. The fourth-order valence-corrected chi connectivity index (χ4v) is 2.61. The highest BCUT2D eigenvalue weighted by Gasteiger charge is 2.27. The van der Waals surface area contributed by atoms with Crippen LogP contribution in [0.4, 0.5) is 21.5 Å². The third kappa shape index (κ3) is 4.82. The number of para-hydroxylation sites is 1. The number of carbonyl (C=O) groups excluding carboxylic acids is 3. The number of nitrogens with one attached hydrogen (secondary N) is 1. The summed E-state index contributed by atoms with van der Waals surface area (Å²) >= 11 is 0. The molecule has 0 aromatic heterocycles. The predicted molar refractivity (Wildman–Crippen MR) is 103 cm³/mol. The molecule has 0 saturated heterocycles. The number of carbonyl (C=O) groups is 3. The van der Waals surface area contributed by atoms with Crippen LogP contribution in [0.15, 0.2) is 53.6 Å². The first-order chi connectivity index (χ1) is 14.3. The normalized spacial score (nSPS) is 13.4. The molecular formula is C19H15FN4O6. The summed E-state index contributed by atoms with van der Waals surface area (Å²) < 4.78 is 18.2. The SMILES string of the molecule is O=C(COC(=O)C1=NN(c2ccccc2)C(=O)CC1)Nc1ccc(F)c([N+](=O)[O-])c1. The van der Waals surface area contributed by atoms with Gasteiger partial charge in [0.2, 0.25) is 11.7 Å². The highest BCUT2D eigenvalue weighted by Crippen LogP contribution is 2.22. The fraction of sp³-hybridized carbons (Fsp3) is 0.158. The molecule has 154 valence electrons. The minimum atomic E-state index is -1.04. The van der Waals surface area contributed by atoms with Gasteiger partial charge in [-0.3, -0.25) is 19.7 Å². The maximum Gasteiger partial charge on any atom is 0.355 e. The molecule has 1 aliphatic rings. The molecule has 0 radical (unpaired) electrons. The van der Waals surface area contributed by atoms with Crippen molar-refractivity contribution in [1.29, 1.82) is 0 Å². The van der Waals surface area contributed by atoms with Crippen molar-refractivity contribution in [2.75, 3.05) is 16.9 Å². The van der Waals surface area contributed by atoms with E-state index in [2.05, 4.69) is 10.4 Å². The lowest BCUT2D eigenvalue weighted by Crippen LogP contribution is -2.35. The second-order valence-corrected chi connectivity index (χ2v) is 6.14. The second-order valence-electron chi connectivity index (χ2n) is 6.14. The van der Waals surface area contributed by atoms with Crippen LogP contribution in [-0.2, 0) is 19.1 Å². The fourth-order valence-electron chi connectivity index (χ4n) is 2.61. The first-order valence-corrected chi connectivity index (χ1v) is 8.71. The van der Waals surface area contributed by atoms with E-state index in [1.165, 1.54) is 0 Å². The van der Waals surface area contributed by atoms with Crippen LogP contribution in [-0.4, -0.2) is 35.0 Å². The van der Waals surface area contributed by atoms with Gasteiger partial charge < -0.3 is 10.1 Å². The van der Waals surface area contributed by atoms with Gasteiger partial charge in [-0.1, -0.05) is 18.2 Å². The van der Waals surface area contributed by atoms with Gasteiger partial charge >= 0.3 is 11.7 Å². The van der Waals surface area contributed by atoms with Crippen LogP contribution < -0.4 is 10.3 Å². The van der Waals surface area contributed by atoms with E-state index in [1.54, 1.807) is 30.3 Å². The average molecular weight is 414 g/mol. The summed E-state index contributed by atoms with van der Waals surface area (Å²) in [5.74, 6) is -2.98. The van der Waals surface area contributed by atoms with Crippen molar-refractivity contribution in [3.05, 3.63) is 64.5 Å². The first kappa shape index (κ1) is 20.6. The van der Waals surface area contributed by atoms with Gasteiger partial charge in [-0.2, -0.15) is 9.49 Å². The smallest absolute Gasteiger partial charge is 0.355 e. The molecule has 10 nitrogen and oxygen atoms in total. The zero-order valence-corrected chi connectivity index (χ0v) is 15.4. The van der Waals surface area contributed by atoms with Gasteiger partial charge in [0, 0.05) is 24.6 Å². The number of amides is 2. The molecule has 0 saturated carbocycles. The van der Waals surface area contributed by atoms with Crippen LogP contribution in [0.1, 0.15) is 12.8 Å². The number of hydrogen-bond donors (Lipinski definition) is 1. The zero-order chi connectivity index (χ0) is 21.7. The Bertz CT molecular complexity index is 1040. The van der Waals surface area contributed by atoms with Gasteiger partial charge in [0.1, 0.15) is 5.71 Å². The molecule has 2 aromatic carbocycles. The van der Waals surface area contributed by atoms with Gasteiger partial charge in [0.25, 0.3) is 5.91 Å². The number of hydrogen-bond acceptors (Lipinski definition) is 7. The monoisotopic (exact) mass is 414 g/mol. The van der Waals surface area contributed by atoms with Crippen molar-refractivity contribution in [1.82, 2.24) is 0 Å². The van der Waals surface area contributed by atoms with Gasteiger partial charge in [-0.15, -0.1) is 0 Å². The molecule has 1 heterocycles. The number of anilines is 2. The zero-order valence-electron chi connectivity index (χ0n) is 15.4.